The van der Waals surface area contributed by atoms with Gasteiger partial charge in [-0.3, -0.25) is 4.79 Å². The molecule has 136 valence electrons. The third kappa shape index (κ3) is 4.84. The first kappa shape index (κ1) is 20.7. The summed E-state index contributed by atoms with van der Waals surface area (Å²) >= 11 is 0. The van der Waals surface area contributed by atoms with Crippen molar-refractivity contribution in [2.24, 2.45) is 11.1 Å². The number of amides is 1. The number of hydrogen-bond donors (Lipinski definition) is 2. The second-order valence-corrected chi connectivity index (χ2v) is 5.76. The fourth-order valence-electron chi connectivity index (χ4n) is 2.80. The summed E-state index contributed by atoms with van der Waals surface area (Å²) in [5.74, 6) is -0.201. The van der Waals surface area contributed by atoms with Gasteiger partial charge in [0.05, 0.1) is 11.0 Å². The molecule has 0 bridgehead atoms. The molecular weight excluding hydrogens is 345 g/mol. The Morgan fingerprint density at radius 1 is 1.25 bits per heavy atom. The third-order valence-corrected chi connectivity index (χ3v) is 4.32. The van der Waals surface area contributed by atoms with Crippen LogP contribution in [0.4, 0.5) is 13.2 Å². The second-order valence-electron chi connectivity index (χ2n) is 5.76. The Bertz CT molecular complexity index is 546. The van der Waals surface area contributed by atoms with Crippen LogP contribution in [0.3, 0.4) is 0 Å². The summed E-state index contributed by atoms with van der Waals surface area (Å²) in [6.07, 6.45) is -3.19. The first-order valence-corrected chi connectivity index (χ1v) is 7.60. The van der Waals surface area contributed by atoms with Crippen molar-refractivity contribution >= 4 is 18.3 Å². The zero-order valence-corrected chi connectivity index (χ0v) is 14.0. The Hall–Kier alpha value is -1.31. The summed E-state index contributed by atoms with van der Waals surface area (Å²) in [5.41, 5.74) is 4.59. The minimum Gasteiger partial charge on any atom is -0.381 e. The molecule has 4 nitrogen and oxygen atoms in total. The van der Waals surface area contributed by atoms with Crippen LogP contribution in [0, 0.1) is 5.41 Å². The number of hydrogen-bond acceptors (Lipinski definition) is 3. The molecule has 1 amide bonds. The van der Waals surface area contributed by atoms with Gasteiger partial charge in [-0.25, -0.2) is 0 Å². The molecule has 0 atom stereocenters. The van der Waals surface area contributed by atoms with Gasteiger partial charge >= 0.3 is 6.18 Å². The Morgan fingerprint density at radius 2 is 1.88 bits per heavy atom. The zero-order chi connectivity index (χ0) is 16.9. The minimum absolute atomic E-state index is 0. The standard InChI is InChI=1S/C16H21F3N2O2.ClH/c17-16(18,19)13-4-2-1-3-12(13)5-8-21-14(22)15(11-20)6-9-23-10-7-15;/h1-4H,5-11,20H2,(H,21,22);1H. The zero-order valence-electron chi connectivity index (χ0n) is 13.2. The second kappa shape index (κ2) is 8.69. The number of halogens is 4. The van der Waals surface area contributed by atoms with Crippen molar-refractivity contribution in [2.75, 3.05) is 26.3 Å². The van der Waals surface area contributed by atoms with Gasteiger partial charge in [0.25, 0.3) is 0 Å². The van der Waals surface area contributed by atoms with Gasteiger partial charge in [0.15, 0.2) is 0 Å². The van der Waals surface area contributed by atoms with Crippen LogP contribution in [0.1, 0.15) is 24.0 Å². The molecule has 0 spiro atoms. The normalized spacial score (nSPS) is 17.0. The number of alkyl halides is 3. The van der Waals surface area contributed by atoms with Crippen LogP contribution >= 0.6 is 12.4 Å². The van der Waals surface area contributed by atoms with Gasteiger partial charge in [-0.05, 0) is 30.9 Å². The van der Waals surface area contributed by atoms with Gasteiger partial charge in [-0.1, -0.05) is 18.2 Å². The molecule has 0 radical (unpaired) electrons. The summed E-state index contributed by atoms with van der Waals surface area (Å²) in [6.45, 7) is 1.30. The maximum atomic E-state index is 12.9. The van der Waals surface area contributed by atoms with Gasteiger partial charge < -0.3 is 15.8 Å². The molecule has 1 aromatic carbocycles. The van der Waals surface area contributed by atoms with Crippen molar-refractivity contribution < 1.29 is 22.7 Å². The van der Waals surface area contributed by atoms with Crippen molar-refractivity contribution in [1.82, 2.24) is 5.32 Å². The van der Waals surface area contributed by atoms with Crippen LogP contribution < -0.4 is 11.1 Å². The van der Waals surface area contributed by atoms with E-state index in [0.29, 0.717) is 26.1 Å². The molecule has 1 saturated heterocycles. The fourth-order valence-corrected chi connectivity index (χ4v) is 2.80. The molecule has 0 aromatic heterocycles. The molecule has 1 aliphatic rings. The van der Waals surface area contributed by atoms with Crippen LogP contribution in [0.25, 0.3) is 0 Å². The van der Waals surface area contributed by atoms with Crippen LogP contribution in [0.2, 0.25) is 0 Å². The average Bonchev–Trinajstić information content (AvgIpc) is 2.55. The van der Waals surface area contributed by atoms with Crippen LogP contribution in [0.5, 0.6) is 0 Å². The molecule has 3 N–H and O–H groups in total. The van der Waals surface area contributed by atoms with Crippen molar-refractivity contribution in [3.05, 3.63) is 35.4 Å². The molecule has 1 fully saturated rings. The maximum absolute atomic E-state index is 12.9. The van der Waals surface area contributed by atoms with Gasteiger partial charge in [-0.15, -0.1) is 12.4 Å². The van der Waals surface area contributed by atoms with E-state index in [-0.39, 0.29) is 43.4 Å². The van der Waals surface area contributed by atoms with Gasteiger partial charge in [0.1, 0.15) is 0 Å². The quantitative estimate of drug-likeness (QED) is 0.841. The van der Waals surface area contributed by atoms with Gasteiger partial charge in [0, 0.05) is 26.3 Å². The summed E-state index contributed by atoms with van der Waals surface area (Å²) in [7, 11) is 0. The molecular formula is C16H22ClF3N2O2. The third-order valence-electron chi connectivity index (χ3n) is 4.32. The molecule has 0 aliphatic carbocycles. The maximum Gasteiger partial charge on any atom is 0.416 e. The molecule has 2 rings (SSSR count). The van der Waals surface area contributed by atoms with Crippen molar-refractivity contribution in [1.29, 1.82) is 0 Å². The van der Waals surface area contributed by atoms with E-state index in [0.717, 1.165) is 6.07 Å². The van der Waals surface area contributed by atoms with E-state index in [1.54, 1.807) is 6.07 Å². The highest BCUT2D eigenvalue weighted by molar-refractivity contribution is 5.85. The number of carbonyl (C=O) groups excluding carboxylic acids is 1. The molecule has 1 aromatic rings. The number of carbonyl (C=O) groups is 1. The summed E-state index contributed by atoms with van der Waals surface area (Å²) in [4.78, 5) is 12.4. The van der Waals surface area contributed by atoms with Crippen LogP contribution in [-0.2, 0) is 22.1 Å². The van der Waals surface area contributed by atoms with Crippen molar-refractivity contribution in [2.45, 2.75) is 25.4 Å². The summed E-state index contributed by atoms with van der Waals surface area (Å²) in [5, 5.41) is 2.73. The lowest BCUT2D eigenvalue weighted by Gasteiger charge is -2.34. The lowest BCUT2D eigenvalue weighted by Crippen LogP contribution is -2.49. The number of ether oxygens (including phenoxy) is 1. The van der Waals surface area contributed by atoms with E-state index in [2.05, 4.69) is 5.32 Å². The van der Waals surface area contributed by atoms with E-state index >= 15 is 0 Å². The Balaban J connectivity index is 0.00000288. The monoisotopic (exact) mass is 366 g/mol. The number of nitrogens with one attached hydrogen (secondary N) is 1. The van der Waals surface area contributed by atoms with Crippen LogP contribution in [0.15, 0.2) is 24.3 Å². The first-order chi connectivity index (χ1) is 10.9. The summed E-state index contributed by atoms with van der Waals surface area (Å²) in [6, 6.07) is 5.40. The molecule has 0 unspecified atom stereocenters. The predicted octanol–water partition coefficient (Wildman–Crippen LogP) is 2.54. The SMILES string of the molecule is Cl.NCC1(C(=O)NCCc2ccccc2C(F)(F)F)CCOCC1. The number of benzene rings is 1. The highest BCUT2D eigenvalue weighted by Gasteiger charge is 2.38. The predicted molar refractivity (Wildman–Crippen MR) is 86.9 cm³/mol. The fraction of sp³-hybridized carbons (Fsp3) is 0.562. The lowest BCUT2D eigenvalue weighted by atomic mass is 9.79. The van der Waals surface area contributed by atoms with Gasteiger partial charge in [0.2, 0.25) is 5.91 Å². The number of nitrogens with two attached hydrogens (primary N) is 1. The Kier molecular flexibility index (Phi) is 7.51. The number of rotatable bonds is 5. The van der Waals surface area contributed by atoms with E-state index < -0.39 is 17.2 Å². The smallest absolute Gasteiger partial charge is 0.381 e. The Morgan fingerprint density at radius 3 is 2.46 bits per heavy atom. The summed E-state index contributed by atoms with van der Waals surface area (Å²) < 4.78 is 44.0. The van der Waals surface area contributed by atoms with E-state index in [1.807, 2.05) is 0 Å². The minimum atomic E-state index is -4.39. The van der Waals surface area contributed by atoms with Crippen LogP contribution in [-0.4, -0.2) is 32.2 Å². The van der Waals surface area contributed by atoms with E-state index in [4.69, 9.17) is 10.5 Å². The lowest BCUT2D eigenvalue weighted by molar-refractivity contribution is -0.138. The topological polar surface area (TPSA) is 64.4 Å². The van der Waals surface area contributed by atoms with Gasteiger partial charge in [-0.2, -0.15) is 13.2 Å². The largest absolute Gasteiger partial charge is 0.416 e. The molecule has 1 aliphatic heterocycles. The Labute approximate surface area is 145 Å². The van der Waals surface area contributed by atoms with E-state index in [1.165, 1.54) is 12.1 Å². The molecule has 1 heterocycles. The highest BCUT2D eigenvalue weighted by Crippen LogP contribution is 2.32. The van der Waals surface area contributed by atoms with Crippen molar-refractivity contribution in [3.63, 3.8) is 0 Å². The first-order valence-electron chi connectivity index (χ1n) is 7.60. The van der Waals surface area contributed by atoms with Crippen molar-refractivity contribution in [3.8, 4) is 0 Å². The molecule has 24 heavy (non-hydrogen) atoms. The van der Waals surface area contributed by atoms with E-state index in [9.17, 15) is 18.0 Å². The average molecular weight is 367 g/mol. The molecule has 0 saturated carbocycles. The molecule has 8 heteroatoms. The highest BCUT2D eigenvalue weighted by atomic mass is 35.5.